The average molecular weight is 348 g/mol. The van der Waals surface area contributed by atoms with Crippen molar-refractivity contribution in [1.29, 1.82) is 0 Å². The highest BCUT2D eigenvalue weighted by molar-refractivity contribution is 6.07. The van der Waals surface area contributed by atoms with E-state index in [0.717, 1.165) is 27.7 Å². The molecule has 6 heteroatoms. The van der Waals surface area contributed by atoms with Crippen molar-refractivity contribution in [3.05, 3.63) is 53.6 Å². The summed E-state index contributed by atoms with van der Waals surface area (Å²) in [5.74, 6) is -0.0123. The molecular formula is C20H20N4O2. The van der Waals surface area contributed by atoms with Gasteiger partial charge in [-0.1, -0.05) is 29.8 Å². The van der Waals surface area contributed by atoms with Gasteiger partial charge < -0.3 is 5.32 Å². The fourth-order valence-corrected chi connectivity index (χ4v) is 3.43. The molecule has 2 amide bonds. The first-order valence-electron chi connectivity index (χ1n) is 8.64. The number of carbonyl (C=O) groups excluding carboxylic acids is 2. The third-order valence-electron chi connectivity index (χ3n) is 4.84. The van der Waals surface area contributed by atoms with E-state index in [-0.39, 0.29) is 18.2 Å². The number of aromatic amines is 1. The Morgan fingerprint density at radius 1 is 1.23 bits per heavy atom. The Bertz CT molecular complexity index is 1010. The van der Waals surface area contributed by atoms with Crippen LogP contribution in [0, 0.1) is 19.8 Å². The molecule has 0 saturated carbocycles. The summed E-state index contributed by atoms with van der Waals surface area (Å²) in [5, 5.41) is 11.1. The normalized spacial score (nSPS) is 17.1. The molecule has 1 fully saturated rings. The van der Waals surface area contributed by atoms with Crippen LogP contribution in [0.1, 0.15) is 17.5 Å². The van der Waals surface area contributed by atoms with Crippen LogP contribution in [0.3, 0.4) is 0 Å². The zero-order valence-electron chi connectivity index (χ0n) is 14.7. The van der Waals surface area contributed by atoms with Gasteiger partial charge in [0.05, 0.1) is 11.4 Å². The summed E-state index contributed by atoms with van der Waals surface area (Å²) in [5.41, 5.74) is 3.82. The minimum absolute atomic E-state index is 0.0805. The van der Waals surface area contributed by atoms with Crippen LogP contribution in [0.5, 0.6) is 0 Å². The Morgan fingerprint density at radius 3 is 2.85 bits per heavy atom. The van der Waals surface area contributed by atoms with Gasteiger partial charge in [0.1, 0.15) is 0 Å². The first-order chi connectivity index (χ1) is 12.5. The summed E-state index contributed by atoms with van der Waals surface area (Å²) in [4.78, 5) is 26.7. The summed E-state index contributed by atoms with van der Waals surface area (Å²) < 4.78 is 0. The number of para-hydroxylation sites is 1. The Labute approximate surface area is 151 Å². The quantitative estimate of drug-likeness (QED) is 0.763. The lowest BCUT2D eigenvalue weighted by molar-refractivity contribution is -0.122. The highest BCUT2D eigenvalue weighted by Crippen LogP contribution is 2.30. The first kappa shape index (κ1) is 16.3. The predicted molar refractivity (Wildman–Crippen MR) is 101 cm³/mol. The van der Waals surface area contributed by atoms with E-state index < -0.39 is 5.92 Å². The number of carbonyl (C=O) groups is 2. The van der Waals surface area contributed by atoms with Crippen LogP contribution in [-0.4, -0.2) is 28.6 Å². The second-order valence-electron chi connectivity index (χ2n) is 6.81. The third-order valence-corrected chi connectivity index (χ3v) is 4.84. The van der Waals surface area contributed by atoms with Crippen LogP contribution in [0.15, 0.2) is 42.5 Å². The summed E-state index contributed by atoms with van der Waals surface area (Å²) >= 11 is 0. The molecule has 1 aromatic heterocycles. The second kappa shape index (κ2) is 6.29. The maximum atomic E-state index is 12.7. The van der Waals surface area contributed by atoms with Gasteiger partial charge in [0.25, 0.3) is 0 Å². The summed E-state index contributed by atoms with van der Waals surface area (Å²) in [6.07, 6.45) is 0.192. The Morgan fingerprint density at radius 2 is 2.04 bits per heavy atom. The molecule has 26 heavy (non-hydrogen) atoms. The van der Waals surface area contributed by atoms with Gasteiger partial charge in [-0.25, -0.2) is 0 Å². The van der Waals surface area contributed by atoms with Gasteiger partial charge in [0.15, 0.2) is 5.82 Å². The van der Waals surface area contributed by atoms with Crippen molar-refractivity contribution in [3.8, 4) is 0 Å². The highest BCUT2D eigenvalue weighted by atomic mass is 16.2. The minimum atomic E-state index is -0.390. The SMILES string of the molecule is Cc1ccc(NC(=O)C2CC(=O)N(c3n[nH]c4ccccc34)C2)c(C)c1. The average Bonchev–Trinajstić information content (AvgIpc) is 3.20. The molecule has 6 nitrogen and oxygen atoms in total. The van der Waals surface area contributed by atoms with Gasteiger partial charge in [-0.2, -0.15) is 5.10 Å². The molecule has 2 aromatic carbocycles. The molecule has 0 bridgehead atoms. The lowest BCUT2D eigenvalue weighted by Gasteiger charge is -2.15. The van der Waals surface area contributed by atoms with Gasteiger partial charge in [-0.05, 0) is 37.6 Å². The maximum absolute atomic E-state index is 12.7. The third kappa shape index (κ3) is 2.83. The topological polar surface area (TPSA) is 78.1 Å². The van der Waals surface area contributed by atoms with Crippen molar-refractivity contribution < 1.29 is 9.59 Å². The van der Waals surface area contributed by atoms with Crippen LogP contribution >= 0.6 is 0 Å². The largest absolute Gasteiger partial charge is 0.326 e. The van der Waals surface area contributed by atoms with Gasteiger partial charge in [0.2, 0.25) is 11.8 Å². The van der Waals surface area contributed by atoms with E-state index >= 15 is 0 Å². The number of aromatic nitrogens is 2. The van der Waals surface area contributed by atoms with Crippen molar-refractivity contribution in [2.24, 2.45) is 5.92 Å². The fraction of sp³-hybridized carbons (Fsp3) is 0.250. The highest BCUT2D eigenvalue weighted by Gasteiger charge is 2.36. The van der Waals surface area contributed by atoms with Gasteiger partial charge >= 0.3 is 0 Å². The Kier molecular flexibility index (Phi) is 3.95. The van der Waals surface area contributed by atoms with Gasteiger partial charge in [-0.3, -0.25) is 19.6 Å². The number of hydrogen-bond acceptors (Lipinski definition) is 3. The number of anilines is 2. The molecule has 0 radical (unpaired) electrons. The van der Waals surface area contributed by atoms with Crippen molar-refractivity contribution in [2.75, 3.05) is 16.8 Å². The van der Waals surface area contributed by atoms with Crippen LogP contribution in [-0.2, 0) is 9.59 Å². The van der Waals surface area contributed by atoms with Crippen LogP contribution in [0.4, 0.5) is 11.5 Å². The van der Waals surface area contributed by atoms with E-state index in [1.807, 2.05) is 56.3 Å². The Hall–Kier alpha value is -3.15. The number of rotatable bonds is 3. The number of benzene rings is 2. The van der Waals surface area contributed by atoms with Gasteiger partial charge in [0, 0.05) is 24.0 Å². The first-order valence-corrected chi connectivity index (χ1v) is 8.64. The predicted octanol–water partition coefficient (Wildman–Crippen LogP) is 3.17. The van der Waals surface area contributed by atoms with Crippen molar-refractivity contribution >= 4 is 34.2 Å². The standard InChI is InChI=1S/C20H20N4O2/c1-12-7-8-16(13(2)9-12)21-20(26)14-10-18(25)24(11-14)19-15-5-3-4-6-17(15)22-23-19/h3-9,14H,10-11H2,1-2H3,(H,21,26)(H,22,23). The number of fused-ring (bicyclic) bond motifs is 1. The number of hydrogen-bond donors (Lipinski definition) is 2. The van der Waals surface area contributed by atoms with E-state index in [1.54, 1.807) is 4.90 Å². The summed E-state index contributed by atoms with van der Waals surface area (Å²) in [7, 11) is 0. The van der Waals surface area contributed by atoms with E-state index in [2.05, 4.69) is 15.5 Å². The molecule has 2 heterocycles. The molecule has 2 N–H and O–H groups in total. The van der Waals surface area contributed by atoms with Crippen molar-refractivity contribution in [2.45, 2.75) is 20.3 Å². The summed E-state index contributed by atoms with van der Waals surface area (Å²) in [6.45, 7) is 4.31. The molecule has 132 valence electrons. The van der Waals surface area contributed by atoms with Crippen LogP contribution in [0.2, 0.25) is 0 Å². The molecule has 3 aromatic rings. The van der Waals surface area contributed by atoms with Crippen LogP contribution in [0.25, 0.3) is 10.9 Å². The van der Waals surface area contributed by atoms with E-state index in [4.69, 9.17) is 0 Å². The van der Waals surface area contributed by atoms with Crippen molar-refractivity contribution in [3.63, 3.8) is 0 Å². The summed E-state index contributed by atoms with van der Waals surface area (Å²) in [6, 6.07) is 13.5. The van der Waals surface area contributed by atoms with Crippen LogP contribution < -0.4 is 10.2 Å². The Balaban J connectivity index is 1.53. The molecule has 4 rings (SSSR count). The molecule has 1 aliphatic rings. The van der Waals surface area contributed by atoms with E-state index in [0.29, 0.717) is 12.4 Å². The number of aryl methyl sites for hydroxylation is 2. The zero-order valence-corrected chi connectivity index (χ0v) is 14.7. The number of nitrogens with one attached hydrogen (secondary N) is 2. The monoisotopic (exact) mass is 348 g/mol. The van der Waals surface area contributed by atoms with E-state index in [1.165, 1.54) is 0 Å². The lowest BCUT2D eigenvalue weighted by atomic mass is 10.1. The second-order valence-corrected chi connectivity index (χ2v) is 6.81. The van der Waals surface area contributed by atoms with E-state index in [9.17, 15) is 9.59 Å². The minimum Gasteiger partial charge on any atom is -0.326 e. The number of nitrogens with zero attached hydrogens (tertiary/aromatic N) is 2. The number of H-pyrrole nitrogens is 1. The molecular weight excluding hydrogens is 328 g/mol. The molecule has 1 saturated heterocycles. The molecule has 0 spiro atoms. The smallest absolute Gasteiger partial charge is 0.229 e. The fourth-order valence-electron chi connectivity index (χ4n) is 3.43. The molecule has 1 aliphatic heterocycles. The lowest BCUT2D eigenvalue weighted by Crippen LogP contribution is -2.28. The number of amides is 2. The molecule has 1 unspecified atom stereocenters. The van der Waals surface area contributed by atoms with Gasteiger partial charge in [-0.15, -0.1) is 0 Å². The maximum Gasteiger partial charge on any atom is 0.229 e. The molecule has 1 atom stereocenters. The molecule has 0 aliphatic carbocycles. The van der Waals surface area contributed by atoms with Crippen molar-refractivity contribution in [1.82, 2.24) is 10.2 Å². The zero-order chi connectivity index (χ0) is 18.3.